The van der Waals surface area contributed by atoms with Gasteiger partial charge < -0.3 is 27.2 Å². The normalized spacial score (nSPS) is 15.7. The Morgan fingerprint density at radius 3 is 1.82 bits per heavy atom. The van der Waals surface area contributed by atoms with Gasteiger partial charge >= 0.3 is 0 Å². The van der Waals surface area contributed by atoms with E-state index in [-0.39, 0.29) is 17.0 Å². The highest BCUT2D eigenvalue weighted by Crippen LogP contribution is 2.25. The summed E-state index contributed by atoms with van der Waals surface area (Å²) >= 11 is 0. The first-order chi connectivity index (χ1) is 10.0. The molecule has 0 spiro atoms. The number of hydrogen-bond acceptors (Lipinski definition) is 1. The lowest BCUT2D eigenvalue weighted by Crippen LogP contribution is -3.13. The lowest BCUT2D eigenvalue weighted by molar-refractivity contribution is -0.903. The predicted molar refractivity (Wildman–Crippen MR) is 91.2 cm³/mol. The molecule has 0 atom stereocenters. The minimum absolute atomic E-state index is 0. The van der Waals surface area contributed by atoms with E-state index in [0.29, 0.717) is 0 Å². The highest BCUT2D eigenvalue weighted by molar-refractivity contribution is 5.49. The third-order valence-corrected chi connectivity index (χ3v) is 5.67. The molecule has 126 valence electrons. The molecule has 0 unspecified atom stereocenters. The van der Waals surface area contributed by atoms with Crippen LogP contribution in [-0.2, 0) is 6.54 Å². The SMILES string of the molecule is Cc1c(C)c(C)c(CNCC[NH+]2CCCCC2)c(C)c1C.[Br-]. The molecule has 0 aliphatic carbocycles. The zero-order valence-electron chi connectivity index (χ0n) is 15.0. The highest BCUT2D eigenvalue weighted by Gasteiger charge is 2.14. The third-order valence-electron chi connectivity index (χ3n) is 5.67. The Hall–Kier alpha value is -0.380. The van der Waals surface area contributed by atoms with Crippen molar-refractivity contribution >= 4 is 0 Å². The molecule has 1 heterocycles. The average molecular weight is 369 g/mol. The molecule has 3 heteroatoms. The van der Waals surface area contributed by atoms with E-state index in [1.165, 1.54) is 72.3 Å². The second kappa shape index (κ2) is 9.05. The summed E-state index contributed by atoms with van der Waals surface area (Å²) in [6, 6.07) is 0. The predicted octanol–water partition coefficient (Wildman–Crippen LogP) is -0.609. The average Bonchev–Trinajstić information content (AvgIpc) is 2.51. The van der Waals surface area contributed by atoms with E-state index in [0.717, 1.165) is 13.1 Å². The van der Waals surface area contributed by atoms with Gasteiger partial charge in [0.25, 0.3) is 0 Å². The van der Waals surface area contributed by atoms with Crippen molar-refractivity contribution in [3.63, 3.8) is 0 Å². The summed E-state index contributed by atoms with van der Waals surface area (Å²) < 4.78 is 0. The Morgan fingerprint density at radius 2 is 1.27 bits per heavy atom. The number of rotatable bonds is 5. The van der Waals surface area contributed by atoms with Gasteiger partial charge in [0.2, 0.25) is 0 Å². The zero-order valence-corrected chi connectivity index (χ0v) is 16.6. The number of quaternary nitrogens is 1. The molecule has 1 aromatic carbocycles. The van der Waals surface area contributed by atoms with Crippen molar-refractivity contribution in [3.8, 4) is 0 Å². The van der Waals surface area contributed by atoms with Gasteiger partial charge in [0.05, 0.1) is 19.6 Å². The lowest BCUT2D eigenvalue weighted by Gasteiger charge is -2.24. The van der Waals surface area contributed by atoms with E-state index in [1.54, 1.807) is 4.90 Å². The number of hydrogen-bond donors (Lipinski definition) is 2. The van der Waals surface area contributed by atoms with Crippen LogP contribution in [0.1, 0.15) is 52.6 Å². The molecule has 0 bridgehead atoms. The topological polar surface area (TPSA) is 16.5 Å². The fourth-order valence-electron chi connectivity index (χ4n) is 3.62. The number of nitrogens with one attached hydrogen (secondary N) is 2. The second-order valence-electron chi connectivity index (χ2n) is 6.84. The number of likely N-dealkylation sites (tertiary alicyclic amines) is 1. The van der Waals surface area contributed by atoms with Gasteiger partial charge in [0, 0.05) is 13.1 Å². The summed E-state index contributed by atoms with van der Waals surface area (Å²) in [5.41, 5.74) is 8.88. The van der Waals surface area contributed by atoms with E-state index in [4.69, 9.17) is 0 Å². The first-order valence-electron chi connectivity index (χ1n) is 8.62. The van der Waals surface area contributed by atoms with Gasteiger partial charge in [0.15, 0.2) is 0 Å². The van der Waals surface area contributed by atoms with E-state index in [9.17, 15) is 0 Å². The summed E-state index contributed by atoms with van der Waals surface area (Å²) in [5, 5.41) is 3.68. The Kier molecular flexibility index (Phi) is 8.09. The third kappa shape index (κ3) is 4.56. The van der Waals surface area contributed by atoms with Gasteiger partial charge in [-0.15, -0.1) is 0 Å². The molecule has 1 aliphatic heterocycles. The highest BCUT2D eigenvalue weighted by atomic mass is 79.9. The smallest absolute Gasteiger partial charge is 0.0897 e. The van der Waals surface area contributed by atoms with Crippen LogP contribution < -0.4 is 27.2 Å². The van der Waals surface area contributed by atoms with Gasteiger partial charge in [-0.1, -0.05) is 0 Å². The molecular formula is C19H33BrN2. The van der Waals surface area contributed by atoms with Crippen molar-refractivity contribution in [3.05, 3.63) is 33.4 Å². The van der Waals surface area contributed by atoms with Crippen LogP contribution in [0.5, 0.6) is 0 Å². The Labute approximate surface area is 147 Å². The Bertz CT molecular complexity index is 462. The molecule has 2 N–H and O–H groups in total. The van der Waals surface area contributed by atoms with E-state index in [1.807, 2.05) is 0 Å². The molecule has 1 saturated heterocycles. The van der Waals surface area contributed by atoms with E-state index < -0.39 is 0 Å². The summed E-state index contributed by atoms with van der Waals surface area (Å²) in [6.07, 6.45) is 4.28. The molecule has 22 heavy (non-hydrogen) atoms. The van der Waals surface area contributed by atoms with Crippen LogP contribution >= 0.6 is 0 Å². The molecule has 1 aromatic rings. The van der Waals surface area contributed by atoms with Gasteiger partial charge in [-0.2, -0.15) is 0 Å². The minimum atomic E-state index is 0. The standard InChI is InChI=1S/C19H32N2.BrH/c1-14-15(2)17(4)19(18(5)16(14)3)13-20-9-12-21-10-7-6-8-11-21;/h20H,6-13H2,1-5H3;1H. The molecular weight excluding hydrogens is 336 g/mol. The first-order valence-corrected chi connectivity index (χ1v) is 8.62. The van der Waals surface area contributed by atoms with Gasteiger partial charge in [-0.25, -0.2) is 0 Å². The van der Waals surface area contributed by atoms with Crippen molar-refractivity contribution < 1.29 is 21.9 Å². The van der Waals surface area contributed by atoms with Gasteiger partial charge in [-0.05, 0) is 87.3 Å². The quantitative estimate of drug-likeness (QED) is 0.663. The lowest BCUT2D eigenvalue weighted by atomic mass is 9.89. The Morgan fingerprint density at radius 1 is 0.773 bits per heavy atom. The van der Waals surface area contributed by atoms with Crippen molar-refractivity contribution in [1.82, 2.24) is 5.32 Å². The van der Waals surface area contributed by atoms with Crippen LogP contribution in [0.15, 0.2) is 0 Å². The molecule has 2 rings (SSSR count). The number of halogens is 1. The maximum absolute atomic E-state index is 3.68. The maximum atomic E-state index is 3.68. The molecule has 2 nitrogen and oxygen atoms in total. The van der Waals surface area contributed by atoms with E-state index in [2.05, 4.69) is 39.9 Å². The molecule has 0 amide bonds. The van der Waals surface area contributed by atoms with E-state index >= 15 is 0 Å². The molecule has 1 aliphatic rings. The summed E-state index contributed by atoms with van der Waals surface area (Å²) in [4.78, 5) is 1.79. The first kappa shape index (κ1) is 19.7. The number of benzene rings is 1. The molecule has 0 radical (unpaired) electrons. The van der Waals surface area contributed by atoms with Crippen LogP contribution in [0.25, 0.3) is 0 Å². The van der Waals surface area contributed by atoms with Gasteiger partial charge in [0.1, 0.15) is 0 Å². The summed E-state index contributed by atoms with van der Waals surface area (Å²) in [7, 11) is 0. The van der Waals surface area contributed by atoms with Crippen molar-refractivity contribution in [2.45, 2.75) is 60.4 Å². The molecule has 1 fully saturated rings. The summed E-state index contributed by atoms with van der Waals surface area (Å²) in [5.74, 6) is 0. The van der Waals surface area contributed by atoms with Crippen molar-refractivity contribution in [1.29, 1.82) is 0 Å². The monoisotopic (exact) mass is 368 g/mol. The largest absolute Gasteiger partial charge is 1.00 e. The van der Waals surface area contributed by atoms with Crippen molar-refractivity contribution in [2.24, 2.45) is 0 Å². The van der Waals surface area contributed by atoms with Crippen LogP contribution in [0.4, 0.5) is 0 Å². The maximum Gasteiger partial charge on any atom is 0.0897 e. The van der Waals surface area contributed by atoms with Crippen LogP contribution in [0.2, 0.25) is 0 Å². The van der Waals surface area contributed by atoms with Crippen LogP contribution in [-0.4, -0.2) is 26.2 Å². The van der Waals surface area contributed by atoms with Gasteiger partial charge in [-0.3, -0.25) is 0 Å². The van der Waals surface area contributed by atoms with Crippen LogP contribution in [0.3, 0.4) is 0 Å². The second-order valence-corrected chi connectivity index (χ2v) is 6.84. The van der Waals surface area contributed by atoms with Crippen LogP contribution in [0, 0.1) is 34.6 Å². The minimum Gasteiger partial charge on any atom is -1.00 e. The Balaban J connectivity index is 0.00000242. The zero-order chi connectivity index (χ0) is 15.4. The molecule has 0 aromatic heterocycles. The number of piperidine rings is 1. The fourth-order valence-corrected chi connectivity index (χ4v) is 3.62. The molecule has 0 saturated carbocycles. The summed E-state index contributed by atoms with van der Waals surface area (Å²) in [6.45, 7) is 17.5. The fraction of sp³-hybridized carbons (Fsp3) is 0.684. The van der Waals surface area contributed by atoms with Crippen molar-refractivity contribution in [2.75, 3.05) is 26.2 Å².